The summed E-state index contributed by atoms with van der Waals surface area (Å²) in [6, 6.07) is 48.1. The third-order valence-corrected chi connectivity index (χ3v) is 23.5. The van der Waals surface area contributed by atoms with Crippen LogP contribution in [0.4, 0.5) is 17.5 Å². The van der Waals surface area contributed by atoms with E-state index in [-0.39, 0.29) is 125 Å². The van der Waals surface area contributed by atoms with Crippen LogP contribution in [-0.4, -0.2) is 228 Å². The van der Waals surface area contributed by atoms with E-state index >= 15 is 0 Å². The van der Waals surface area contributed by atoms with Crippen molar-refractivity contribution in [3.05, 3.63) is 248 Å². The minimum atomic E-state index is -0.745. The van der Waals surface area contributed by atoms with Gasteiger partial charge in [-0.1, -0.05) is 91.0 Å². The van der Waals surface area contributed by atoms with Gasteiger partial charge in [-0.2, -0.15) is 15.0 Å². The Morgan fingerprint density at radius 3 is 1.08 bits per heavy atom. The van der Waals surface area contributed by atoms with Crippen LogP contribution >= 0.6 is 122 Å². The van der Waals surface area contributed by atoms with Crippen LogP contribution in [-0.2, 0) is 76.0 Å². The quantitative estimate of drug-likeness (QED) is 0.0154. The molecule has 0 radical (unpaired) electrons. The molecule has 6 aliphatic rings. The van der Waals surface area contributed by atoms with Crippen LogP contribution < -0.4 is 33.9 Å². The normalized spacial score (nSPS) is 21.3. The molecule has 655 valence electrons. The molecule has 0 spiro atoms. The molecular weight excluding hydrogens is 2000 g/mol. The summed E-state index contributed by atoms with van der Waals surface area (Å²) in [5.41, 5.74) is 9.83. The Labute approximate surface area is 757 Å². The third-order valence-electron chi connectivity index (χ3n) is 15.5. The van der Waals surface area contributed by atoms with E-state index < -0.39 is 60.0 Å². The van der Waals surface area contributed by atoms with Gasteiger partial charge in [0.25, 0.3) is 0 Å². The average molecular weight is 2080 g/mol. The van der Waals surface area contributed by atoms with Crippen molar-refractivity contribution < 1.29 is 120 Å². The molecule has 8 aromatic rings. The Kier molecular flexibility index (Phi) is 46.9. The van der Waals surface area contributed by atoms with Gasteiger partial charge in [-0.05, 0) is 78.9 Å². The number of aromatic nitrogens is 6. The first kappa shape index (κ1) is 102. The van der Waals surface area contributed by atoms with Gasteiger partial charge in [-0.3, -0.25) is 28.1 Å². The molecule has 12 atom stereocenters. The van der Waals surface area contributed by atoms with Gasteiger partial charge in [-0.15, -0.1) is 82.3 Å². The molecule has 0 bridgehead atoms. The monoisotopic (exact) mass is 2080 g/mol. The molecule has 0 aliphatic carbocycles. The second-order valence-electron chi connectivity index (χ2n) is 24.4. The van der Waals surface area contributed by atoms with Gasteiger partial charge in [0.1, 0.15) is 107 Å². The first-order valence-corrected chi connectivity index (χ1v) is 52.6. The van der Waals surface area contributed by atoms with Crippen LogP contribution in [0.2, 0.25) is 0 Å². The van der Waals surface area contributed by atoms with Crippen molar-refractivity contribution in [2.24, 2.45) is 0 Å². The van der Waals surface area contributed by atoms with Crippen LogP contribution in [0.15, 0.2) is 203 Å². The fourth-order valence-electron chi connectivity index (χ4n) is 9.96. The predicted molar refractivity (Wildman–Crippen MR) is 476 cm³/mol. The number of nitrogen functional groups attached to an aromatic ring is 2. The molecule has 122 heavy (non-hydrogen) atoms. The standard InChI is InChI=1S/C17H17N3O5S.C15H15N3O4S.C13H14O5S.C11H12O4S.C9H8O3.C8H11N3O3S.C4H8O2S2.2HI.V/c1-11(21)18-13-7-8-20(17(23)19-13)14-10-26-15(25-14)9-24-16(22)12-5-3-2-4-6-12;16-11-6-7-18(15(20)17-11)12-9-23-13(22-12)8-21-14(19)10-4-2-1-3-5-10;1-9(14)17-11-8-19-12(18-11)7-16-13(15)10-5-3-2-4-6-10;12-9-7-16-10(15-9)6-14-11(13)8-4-2-1-3-5-8;10-6-7-12-9(11)8-4-2-1-3-5-8;9-5-1-2-11(8(13)10-5)6-4-15-7(3-12)14-6;5-3-1-7-4(6)2-8-3;;;/h2-8,14-15H,9-10H2,1H3,(H,18,19,21,23);1-7,12-13H,8-9H2,(H2,16,17,20);2-6,11-12H,7-8H2,1H3;1-5,9-10,12H,6-7H2;1-6H,7H2;1-2,6-7,12H,3-4H2,(H2,9,10,13);3-6H,1-2H2;2*1H;/q;;;;;;;;;+2/p-2. The van der Waals surface area contributed by atoms with E-state index in [0.717, 1.165) is 0 Å². The third kappa shape index (κ3) is 37.7. The number of thioether (sulfide) groups is 7. The number of aliphatic hydroxyl groups is 4. The summed E-state index contributed by atoms with van der Waals surface area (Å²) in [5.74, 6) is 1.93. The van der Waals surface area contributed by atoms with E-state index in [4.69, 9.17) is 79.3 Å². The van der Waals surface area contributed by atoms with Crippen molar-refractivity contribution in [2.45, 2.75) is 83.2 Å². The molecule has 1 amide bonds. The second-order valence-corrected chi connectivity index (χ2v) is 44.6. The number of esters is 6. The molecule has 14 rings (SSSR count). The molecule has 6 fully saturated rings. The van der Waals surface area contributed by atoms with Crippen LogP contribution in [0.25, 0.3) is 0 Å². The fourth-order valence-corrected chi connectivity index (χ4v) is 16.6. The van der Waals surface area contributed by atoms with Gasteiger partial charge in [0, 0.05) is 67.0 Å². The Morgan fingerprint density at radius 2 is 0.770 bits per heavy atom. The summed E-state index contributed by atoms with van der Waals surface area (Å²) in [7, 11) is 0.628. The zero-order valence-corrected chi connectivity index (χ0v) is 76.2. The van der Waals surface area contributed by atoms with E-state index in [1.807, 2.05) is 24.3 Å². The SMILES string of the molecule is CC(=O)Nc1ccn(C2CSC(COC(=O)c3ccccc3)O2)c(=O)n1.CC(=O)OC1CSC(COC(=O)c2ccccc2)O1.Nc1ccn(C2CSC(CO)O2)c(=O)n1.Nc1ccn(C2CSC(COC(=O)c3ccccc3)O2)c(=O)n1.O=C(OCC1OC(O)CS1)c1ccccc1.O=CCOC(=O)c1ccccc1.OC1CSC(O)CS1.[I][V][I]. The van der Waals surface area contributed by atoms with Crippen molar-refractivity contribution in [3.63, 3.8) is 0 Å². The Morgan fingerprint density at radius 1 is 0.451 bits per heavy atom. The summed E-state index contributed by atoms with van der Waals surface area (Å²) >= 11 is 14.8. The van der Waals surface area contributed by atoms with Gasteiger partial charge in [0.05, 0.1) is 40.2 Å². The Bertz CT molecular complexity index is 4740. The first-order chi connectivity index (χ1) is 58.8. The Hall–Kier alpha value is -7.57. The van der Waals surface area contributed by atoms with E-state index in [1.54, 1.807) is 146 Å². The van der Waals surface area contributed by atoms with Gasteiger partial charge < -0.3 is 89.3 Å². The number of aliphatic hydroxyl groups excluding tert-OH is 4. The summed E-state index contributed by atoms with van der Waals surface area (Å²) in [6.07, 6.45) is 2.54. The molecule has 12 unspecified atom stereocenters. The van der Waals surface area contributed by atoms with Crippen molar-refractivity contribution >= 4 is 188 Å². The number of nitrogens with zero attached hydrogens (tertiary/aromatic N) is 6. The molecule has 5 aromatic carbocycles. The van der Waals surface area contributed by atoms with Gasteiger partial charge >= 0.3 is 102 Å². The van der Waals surface area contributed by atoms with Crippen LogP contribution in [0.5, 0.6) is 0 Å². The number of amides is 1. The zero-order chi connectivity index (χ0) is 88.1. The molecule has 9 heterocycles. The molecule has 6 saturated heterocycles. The number of hydrogen-bond acceptors (Lipinski definition) is 38. The number of carbonyl (C=O) groups excluding carboxylic acids is 8. The molecule has 3 aromatic heterocycles. The van der Waals surface area contributed by atoms with Crippen LogP contribution in [0.3, 0.4) is 0 Å². The zero-order valence-electron chi connectivity index (χ0n) is 64.8. The molecule has 9 N–H and O–H groups in total. The van der Waals surface area contributed by atoms with E-state index in [2.05, 4.69) is 65.0 Å². The Balaban J connectivity index is 0.000000199. The number of hydrogen-bond donors (Lipinski definition) is 7. The average Bonchev–Trinajstić information content (AvgIpc) is 1.01. The molecule has 0 saturated carbocycles. The number of nitrogens with two attached hydrogens (primary N) is 2. The molecular formula is C77H85I2N9O26S7V. The molecule has 45 heteroatoms. The number of aldehydes is 1. The first-order valence-electron chi connectivity index (χ1n) is 36.3. The number of rotatable bonds is 21. The minimum absolute atomic E-state index is 0.0572. The second kappa shape index (κ2) is 56.4. The number of carbonyl (C=O) groups is 8. The summed E-state index contributed by atoms with van der Waals surface area (Å²) in [6.45, 7) is 2.92. The van der Waals surface area contributed by atoms with E-state index in [0.29, 0.717) is 83.8 Å². The number of halogens is 2. The number of anilines is 3. The fraction of sp³-hybridized carbons (Fsp3) is 0.351. The summed E-state index contributed by atoms with van der Waals surface area (Å²) < 4.78 is 61.7. The van der Waals surface area contributed by atoms with Crippen molar-refractivity contribution in [2.75, 3.05) is 96.7 Å². The predicted octanol–water partition coefficient (Wildman–Crippen LogP) is 8.31. The molecule has 35 nitrogen and oxygen atoms in total. The van der Waals surface area contributed by atoms with Crippen molar-refractivity contribution in [1.82, 2.24) is 28.7 Å². The van der Waals surface area contributed by atoms with E-state index in [1.165, 1.54) is 128 Å². The van der Waals surface area contributed by atoms with Crippen molar-refractivity contribution in [1.29, 1.82) is 0 Å². The molecule has 6 aliphatic heterocycles. The number of ether oxygens (including phenoxy) is 11. The topological polar surface area (TPSA) is 488 Å². The van der Waals surface area contributed by atoms with Gasteiger partial charge in [-0.25, -0.2) is 38.4 Å². The summed E-state index contributed by atoms with van der Waals surface area (Å²) in [4.78, 5) is 136. The maximum absolute atomic E-state index is 12.1. The van der Waals surface area contributed by atoms with Crippen LogP contribution in [0, 0.1) is 0 Å². The van der Waals surface area contributed by atoms with Gasteiger partial charge in [0.15, 0.2) is 12.6 Å². The van der Waals surface area contributed by atoms with Gasteiger partial charge in [0.2, 0.25) is 12.2 Å². The number of benzene rings is 5. The maximum atomic E-state index is 12.1. The van der Waals surface area contributed by atoms with E-state index in [9.17, 15) is 52.7 Å². The summed E-state index contributed by atoms with van der Waals surface area (Å²) in [5, 5.41) is 38.1. The van der Waals surface area contributed by atoms with Crippen molar-refractivity contribution in [3.8, 4) is 0 Å². The van der Waals surface area contributed by atoms with Crippen LogP contribution in [0.1, 0.15) is 84.3 Å². The number of nitrogens with one attached hydrogen (secondary N) is 1.